The molecule has 0 saturated heterocycles. The Hall–Kier alpha value is -3.52. The Morgan fingerprint density at radius 3 is 2.43 bits per heavy atom. The van der Waals surface area contributed by atoms with Gasteiger partial charge in [-0.3, -0.25) is 14.9 Å². The van der Waals surface area contributed by atoms with Crippen LogP contribution in [0.4, 0.5) is 10.7 Å². The van der Waals surface area contributed by atoms with Crippen molar-refractivity contribution in [3.63, 3.8) is 0 Å². The number of nitro benzene ring substituents is 1. The second-order valence-corrected chi connectivity index (χ2v) is 7.77. The second kappa shape index (κ2) is 8.87. The van der Waals surface area contributed by atoms with E-state index < -0.39 is 16.8 Å². The molecule has 0 unspecified atom stereocenters. The van der Waals surface area contributed by atoms with Gasteiger partial charge in [-0.25, -0.2) is 4.79 Å². The van der Waals surface area contributed by atoms with Crippen LogP contribution >= 0.6 is 11.3 Å². The van der Waals surface area contributed by atoms with Gasteiger partial charge in [-0.05, 0) is 38.5 Å². The summed E-state index contributed by atoms with van der Waals surface area (Å²) in [5.41, 5.74) is 2.36. The van der Waals surface area contributed by atoms with Crippen molar-refractivity contribution in [2.75, 3.05) is 5.32 Å². The zero-order chi connectivity index (χ0) is 21.8. The number of anilines is 1. The molecule has 0 atom stereocenters. The quantitative estimate of drug-likeness (QED) is 0.322. The van der Waals surface area contributed by atoms with Crippen LogP contribution < -0.4 is 5.32 Å². The number of nitro groups is 1. The first kappa shape index (κ1) is 21.2. The van der Waals surface area contributed by atoms with Crippen molar-refractivity contribution in [2.24, 2.45) is 0 Å². The molecular formula is C22H20N2O5S. The van der Waals surface area contributed by atoms with Crippen LogP contribution in [-0.4, -0.2) is 22.9 Å². The Bertz CT molecular complexity index is 1110. The molecule has 0 saturated carbocycles. The summed E-state index contributed by atoms with van der Waals surface area (Å²) >= 11 is 1.22. The highest BCUT2D eigenvalue weighted by Crippen LogP contribution is 2.36. The Labute approximate surface area is 177 Å². The summed E-state index contributed by atoms with van der Waals surface area (Å²) in [6, 6.07) is 13.5. The van der Waals surface area contributed by atoms with Crippen molar-refractivity contribution in [1.29, 1.82) is 0 Å². The molecule has 2 aromatic carbocycles. The lowest BCUT2D eigenvalue weighted by molar-refractivity contribution is -0.385. The summed E-state index contributed by atoms with van der Waals surface area (Å²) < 4.78 is 5.39. The summed E-state index contributed by atoms with van der Waals surface area (Å²) in [6.45, 7) is 5.08. The van der Waals surface area contributed by atoms with Crippen molar-refractivity contribution in [2.45, 2.75) is 26.9 Å². The number of carbonyl (C=O) groups is 2. The maximum Gasteiger partial charge on any atom is 0.342 e. The number of hydrogen-bond donors (Lipinski definition) is 1. The molecule has 154 valence electrons. The molecule has 0 spiro atoms. The molecule has 0 aliphatic heterocycles. The molecule has 8 heteroatoms. The highest BCUT2D eigenvalue weighted by Gasteiger charge is 2.24. The maximum absolute atomic E-state index is 12.8. The van der Waals surface area contributed by atoms with Gasteiger partial charge in [0.15, 0.2) is 0 Å². The van der Waals surface area contributed by atoms with Crippen molar-refractivity contribution >= 4 is 33.9 Å². The first-order valence-electron chi connectivity index (χ1n) is 9.22. The number of aryl methyl sites for hydroxylation is 1. The van der Waals surface area contributed by atoms with Crippen molar-refractivity contribution in [3.05, 3.63) is 80.7 Å². The number of carbonyl (C=O) groups excluding carboxylic acids is 2. The van der Waals surface area contributed by atoms with Gasteiger partial charge in [-0.2, -0.15) is 0 Å². The zero-order valence-corrected chi connectivity index (χ0v) is 17.5. The number of esters is 1. The van der Waals surface area contributed by atoms with Crippen LogP contribution in [0.3, 0.4) is 0 Å². The smallest absolute Gasteiger partial charge is 0.342 e. The average Bonchev–Trinajstić information content (AvgIpc) is 3.11. The molecule has 7 nitrogen and oxygen atoms in total. The van der Waals surface area contributed by atoms with Crippen molar-refractivity contribution in [3.8, 4) is 11.1 Å². The monoisotopic (exact) mass is 424 g/mol. The Balaban J connectivity index is 1.96. The predicted molar refractivity (Wildman–Crippen MR) is 116 cm³/mol. The van der Waals surface area contributed by atoms with E-state index >= 15 is 0 Å². The SMILES string of the molecule is Cc1cc(C(=O)Nc2scc(-c3ccccc3)c2C(=O)OC(C)C)ccc1[N+](=O)[O-]. The van der Waals surface area contributed by atoms with Gasteiger partial charge >= 0.3 is 5.97 Å². The lowest BCUT2D eigenvalue weighted by Crippen LogP contribution is -2.17. The number of nitrogens with zero attached hydrogens (tertiary/aromatic N) is 1. The van der Waals surface area contributed by atoms with Gasteiger partial charge < -0.3 is 10.1 Å². The van der Waals surface area contributed by atoms with E-state index in [2.05, 4.69) is 5.32 Å². The molecule has 3 aromatic rings. The lowest BCUT2D eigenvalue weighted by atomic mass is 10.0. The van der Waals surface area contributed by atoms with Crippen LogP contribution in [-0.2, 0) is 4.74 Å². The first-order chi connectivity index (χ1) is 14.3. The minimum Gasteiger partial charge on any atom is -0.459 e. The molecule has 1 amide bonds. The van der Waals surface area contributed by atoms with Crippen LogP contribution in [0.5, 0.6) is 0 Å². The third-order valence-corrected chi connectivity index (χ3v) is 5.20. The average molecular weight is 424 g/mol. The summed E-state index contributed by atoms with van der Waals surface area (Å²) in [5.74, 6) is -0.992. The van der Waals surface area contributed by atoms with E-state index in [-0.39, 0.29) is 22.9 Å². The number of benzene rings is 2. The number of nitrogens with one attached hydrogen (secondary N) is 1. The number of hydrogen-bond acceptors (Lipinski definition) is 6. The summed E-state index contributed by atoms with van der Waals surface area (Å²) in [4.78, 5) is 36.0. The number of thiophene rings is 1. The fourth-order valence-electron chi connectivity index (χ4n) is 2.93. The molecule has 1 N–H and O–H groups in total. The normalized spacial score (nSPS) is 10.7. The van der Waals surface area contributed by atoms with Crippen LogP contribution in [0.25, 0.3) is 11.1 Å². The van der Waals surface area contributed by atoms with Crippen LogP contribution in [0.2, 0.25) is 0 Å². The minimum absolute atomic E-state index is 0.0600. The molecule has 0 aliphatic carbocycles. The predicted octanol–water partition coefficient (Wildman–Crippen LogP) is 5.45. The topological polar surface area (TPSA) is 98.5 Å². The molecule has 0 bridgehead atoms. The molecule has 0 radical (unpaired) electrons. The standard InChI is InChI=1S/C22H20N2O5S/c1-13(2)29-22(26)19-17(15-7-5-4-6-8-15)12-30-21(19)23-20(25)16-9-10-18(24(27)28)14(3)11-16/h4-13H,1-3H3,(H,23,25). The fraction of sp³-hybridized carbons (Fsp3) is 0.182. The van der Waals surface area contributed by atoms with Crippen LogP contribution in [0, 0.1) is 17.0 Å². The summed E-state index contributed by atoms with van der Waals surface area (Å²) in [7, 11) is 0. The van der Waals surface area contributed by atoms with Gasteiger partial charge in [-0.15, -0.1) is 11.3 Å². The molecule has 0 fully saturated rings. The van der Waals surface area contributed by atoms with Gasteiger partial charge in [0, 0.05) is 28.1 Å². The molecule has 3 rings (SSSR count). The molecule has 0 aliphatic rings. The minimum atomic E-state index is -0.528. The van der Waals surface area contributed by atoms with Crippen LogP contribution in [0.15, 0.2) is 53.9 Å². The third kappa shape index (κ3) is 4.55. The van der Waals surface area contributed by atoms with E-state index in [1.165, 1.54) is 29.5 Å². The van der Waals surface area contributed by atoms with Crippen LogP contribution in [0.1, 0.15) is 40.1 Å². The van der Waals surface area contributed by atoms with E-state index in [4.69, 9.17) is 4.74 Å². The van der Waals surface area contributed by atoms with Crippen molar-refractivity contribution in [1.82, 2.24) is 0 Å². The zero-order valence-electron chi connectivity index (χ0n) is 16.7. The molecule has 1 heterocycles. The summed E-state index contributed by atoms with van der Waals surface area (Å²) in [6.07, 6.45) is -0.318. The van der Waals surface area contributed by atoms with Gasteiger partial charge in [-0.1, -0.05) is 30.3 Å². The van der Waals surface area contributed by atoms with E-state index in [1.54, 1.807) is 26.2 Å². The first-order valence-corrected chi connectivity index (χ1v) is 10.1. The van der Waals surface area contributed by atoms with Gasteiger partial charge in [0.25, 0.3) is 11.6 Å². The lowest BCUT2D eigenvalue weighted by Gasteiger charge is -2.12. The van der Waals surface area contributed by atoms with E-state index in [9.17, 15) is 19.7 Å². The molecular weight excluding hydrogens is 404 g/mol. The molecule has 30 heavy (non-hydrogen) atoms. The second-order valence-electron chi connectivity index (χ2n) is 6.89. The van der Waals surface area contributed by atoms with Gasteiger partial charge in [0.2, 0.25) is 0 Å². The van der Waals surface area contributed by atoms with E-state index in [0.29, 0.717) is 16.1 Å². The van der Waals surface area contributed by atoms with Crippen molar-refractivity contribution < 1.29 is 19.2 Å². The Morgan fingerprint density at radius 1 is 1.13 bits per heavy atom. The highest BCUT2D eigenvalue weighted by atomic mass is 32.1. The Kier molecular flexibility index (Phi) is 6.27. The van der Waals surface area contributed by atoms with Gasteiger partial charge in [0.05, 0.1) is 11.0 Å². The van der Waals surface area contributed by atoms with Gasteiger partial charge in [0.1, 0.15) is 10.6 Å². The fourth-order valence-corrected chi connectivity index (χ4v) is 3.88. The third-order valence-electron chi connectivity index (χ3n) is 4.31. The summed E-state index contributed by atoms with van der Waals surface area (Å²) in [5, 5.41) is 15.9. The van der Waals surface area contributed by atoms with E-state index in [1.807, 2.05) is 30.3 Å². The largest absolute Gasteiger partial charge is 0.459 e. The van der Waals surface area contributed by atoms with E-state index in [0.717, 1.165) is 5.56 Å². The number of amides is 1. The highest BCUT2D eigenvalue weighted by molar-refractivity contribution is 7.15. The number of rotatable bonds is 6. The molecule has 1 aromatic heterocycles. The Morgan fingerprint density at radius 2 is 1.83 bits per heavy atom. The number of ether oxygens (including phenoxy) is 1. The maximum atomic E-state index is 12.8.